The molecule has 0 aliphatic rings. The van der Waals surface area contributed by atoms with Crippen molar-refractivity contribution in [3.63, 3.8) is 0 Å². The number of nitro benzene ring substituents is 2. The van der Waals surface area contributed by atoms with Crippen LogP contribution in [0.15, 0.2) is 78.9 Å². The quantitative estimate of drug-likeness (QED) is 0.115. The molecule has 0 saturated heterocycles. The van der Waals surface area contributed by atoms with E-state index in [4.69, 9.17) is 4.74 Å². The molecule has 0 spiro atoms. The molecule has 17 nitrogen and oxygen atoms in total. The number of rotatable bonds is 15. The van der Waals surface area contributed by atoms with Gasteiger partial charge < -0.3 is 31.3 Å². The van der Waals surface area contributed by atoms with Gasteiger partial charge in [0.15, 0.2) is 0 Å². The Hall–Kier alpha value is -6.39. The number of hydrogen-bond acceptors (Lipinski definition) is 10. The molecule has 0 bridgehead atoms. The van der Waals surface area contributed by atoms with Crippen LogP contribution in [0.4, 0.5) is 21.9 Å². The molecule has 0 fully saturated rings. The van der Waals surface area contributed by atoms with E-state index in [2.05, 4.69) is 26.6 Å². The molecule has 0 aliphatic carbocycles. The first-order valence-electron chi connectivity index (χ1n) is 15.3. The first-order valence-corrected chi connectivity index (χ1v) is 15.3. The van der Waals surface area contributed by atoms with Crippen molar-refractivity contribution in [3.05, 3.63) is 110 Å². The summed E-state index contributed by atoms with van der Waals surface area (Å²) in [5, 5.41) is 35.0. The summed E-state index contributed by atoms with van der Waals surface area (Å²) in [6, 6.07) is 17.4. The second-order valence-corrected chi connectivity index (χ2v) is 11.9. The predicted octanol–water partition coefficient (Wildman–Crippen LogP) is 2.54. The van der Waals surface area contributed by atoms with Crippen LogP contribution in [0, 0.1) is 20.2 Å². The first kappa shape index (κ1) is 38.1. The van der Waals surface area contributed by atoms with Crippen molar-refractivity contribution >= 4 is 46.8 Å². The number of ether oxygens (including phenoxy) is 1. The molecule has 5 amide bonds. The van der Waals surface area contributed by atoms with Crippen LogP contribution >= 0.6 is 0 Å². The molecule has 3 rings (SSSR count). The second-order valence-electron chi connectivity index (χ2n) is 11.9. The van der Waals surface area contributed by atoms with Gasteiger partial charge in [-0.15, -0.1) is 0 Å². The van der Waals surface area contributed by atoms with Gasteiger partial charge in [-0.3, -0.25) is 39.4 Å². The van der Waals surface area contributed by atoms with Gasteiger partial charge in [0.1, 0.15) is 29.9 Å². The van der Waals surface area contributed by atoms with Crippen molar-refractivity contribution in [2.45, 2.75) is 51.3 Å². The number of nitrogens with one attached hydrogen (secondary N) is 5. The number of non-ortho nitro benzene ring substituents is 1. The van der Waals surface area contributed by atoms with Crippen LogP contribution < -0.4 is 26.6 Å². The van der Waals surface area contributed by atoms with Gasteiger partial charge in [-0.25, -0.2) is 4.79 Å². The van der Waals surface area contributed by atoms with E-state index in [-0.39, 0.29) is 18.5 Å². The Balaban J connectivity index is 1.78. The lowest BCUT2D eigenvalue weighted by Gasteiger charge is -2.24. The summed E-state index contributed by atoms with van der Waals surface area (Å²) in [5.74, 6) is -3.10. The zero-order chi connectivity index (χ0) is 36.8. The molecule has 3 aromatic rings. The van der Waals surface area contributed by atoms with Gasteiger partial charge in [-0.1, -0.05) is 60.7 Å². The molecule has 0 aromatic heterocycles. The topological polar surface area (TPSA) is 241 Å². The molecular formula is C33H37N7O10. The lowest BCUT2D eigenvalue weighted by molar-refractivity contribution is -0.393. The Morgan fingerprint density at radius 2 is 1.24 bits per heavy atom. The zero-order valence-corrected chi connectivity index (χ0v) is 27.5. The summed E-state index contributed by atoms with van der Waals surface area (Å²) in [7, 11) is 0. The van der Waals surface area contributed by atoms with Crippen LogP contribution in [-0.4, -0.2) is 70.3 Å². The highest BCUT2D eigenvalue weighted by atomic mass is 16.6. The molecule has 50 heavy (non-hydrogen) atoms. The van der Waals surface area contributed by atoms with Gasteiger partial charge in [0.2, 0.25) is 23.6 Å². The Labute approximate surface area is 286 Å². The Morgan fingerprint density at radius 1 is 0.700 bits per heavy atom. The largest absolute Gasteiger partial charge is 0.444 e. The maximum absolute atomic E-state index is 13.7. The average molecular weight is 692 g/mol. The minimum atomic E-state index is -1.33. The molecule has 5 N–H and O–H groups in total. The lowest BCUT2D eigenvalue weighted by atomic mass is 10.0. The van der Waals surface area contributed by atoms with E-state index in [0.717, 1.165) is 12.1 Å². The van der Waals surface area contributed by atoms with Crippen LogP contribution in [-0.2, 0) is 36.8 Å². The van der Waals surface area contributed by atoms with E-state index in [1.807, 2.05) is 0 Å². The predicted molar refractivity (Wildman–Crippen MR) is 180 cm³/mol. The summed E-state index contributed by atoms with van der Waals surface area (Å²) in [4.78, 5) is 85.4. The van der Waals surface area contributed by atoms with E-state index in [0.29, 0.717) is 17.2 Å². The summed E-state index contributed by atoms with van der Waals surface area (Å²) < 4.78 is 5.06. The lowest BCUT2D eigenvalue weighted by Crippen LogP contribution is -2.55. The van der Waals surface area contributed by atoms with Gasteiger partial charge in [0.25, 0.3) is 11.4 Å². The number of benzene rings is 3. The standard InChI is InChI=1S/C33H37N7O10/c1-33(2,3)50-32(45)35-19-28(41)34-20-29(42)36-25(16-21-10-6-4-7-11-21)30(43)38-26(17-22-12-8-5-9-13-22)31(44)37-24-15-14-23(39(46)47)18-27(24)40(48)49/h4-15,18,25-26H,16-17,19-20H2,1-3H3,(H,34,41)(H,35,45)(H,36,42)(H,37,44)(H,38,43)/t25-,26-/m0/s1. The minimum absolute atomic E-state index is 0.0138. The first-order chi connectivity index (χ1) is 23.6. The number of carbonyl (C=O) groups excluding carboxylic acids is 5. The van der Waals surface area contributed by atoms with Gasteiger partial charge in [0, 0.05) is 18.9 Å². The monoisotopic (exact) mass is 691 g/mol. The Kier molecular flexibility index (Phi) is 13.5. The highest BCUT2D eigenvalue weighted by Gasteiger charge is 2.29. The van der Waals surface area contributed by atoms with E-state index in [1.54, 1.807) is 81.4 Å². The fourth-order valence-electron chi connectivity index (χ4n) is 4.45. The molecule has 3 aromatic carbocycles. The van der Waals surface area contributed by atoms with E-state index in [9.17, 15) is 44.2 Å². The molecule has 0 saturated carbocycles. The van der Waals surface area contributed by atoms with Gasteiger partial charge in [0.05, 0.1) is 22.5 Å². The maximum atomic E-state index is 13.7. The Bertz CT molecular complexity index is 1710. The molecule has 0 aliphatic heterocycles. The summed E-state index contributed by atoms with van der Waals surface area (Å²) in [6.07, 6.45) is -0.902. The molecule has 2 atom stereocenters. The van der Waals surface area contributed by atoms with Gasteiger partial charge in [-0.05, 0) is 38.0 Å². The number of amides is 5. The third kappa shape index (κ3) is 12.7. The van der Waals surface area contributed by atoms with Crippen molar-refractivity contribution in [3.8, 4) is 0 Å². The summed E-state index contributed by atoms with van der Waals surface area (Å²) >= 11 is 0. The number of alkyl carbamates (subject to hydrolysis) is 1. The van der Waals surface area contributed by atoms with Crippen LogP contribution in [0.25, 0.3) is 0 Å². The summed E-state index contributed by atoms with van der Waals surface area (Å²) in [5.41, 5.74) is -1.11. The number of nitro groups is 2. The van der Waals surface area contributed by atoms with E-state index >= 15 is 0 Å². The normalized spacial score (nSPS) is 12.0. The number of nitrogens with zero attached hydrogens (tertiary/aromatic N) is 2. The highest BCUT2D eigenvalue weighted by Crippen LogP contribution is 2.29. The zero-order valence-electron chi connectivity index (χ0n) is 27.5. The van der Waals surface area contributed by atoms with Crippen molar-refractivity contribution in [1.29, 1.82) is 0 Å². The fourth-order valence-corrected chi connectivity index (χ4v) is 4.45. The smallest absolute Gasteiger partial charge is 0.408 e. The summed E-state index contributed by atoms with van der Waals surface area (Å²) in [6.45, 7) is 3.94. The van der Waals surface area contributed by atoms with Gasteiger partial charge in [-0.2, -0.15) is 0 Å². The minimum Gasteiger partial charge on any atom is -0.444 e. The van der Waals surface area contributed by atoms with Crippen molar-refractivity contribution in [2.75, 3.05) is 18.4 Å². The van der Waals surface area contributed by atoms with E-state index < -0.39 is 81.7 Å². The van der Waals surface area contributed by atoms with Crippen LogP contribution in [0.3, 0.4) is 0 Å². The van der Waals surface area contributed by atoms with E-state index in [1.165, 1.54) is 0 Å². The number of anilines is 1. The third-order valence-corrected chi connectivity index (χ3v) is 6.73. The molecule has 0 heterocycles. The molecule has 0 radical (unpaired) electrons. The fraction of sp³-hybridized carbons (Fsp3) is 0.303. The van der Waals surface area contributed by atoms with Gasteiger partial charge >= 0.3 is 6.09 Å². The van der Waals surface area contributed by atoms with Crippen LogP contribution in [0.2, 0.25) is 0 Å². The average Bonchev–Trinajstić information content (AvgIpc) is 3.05. The molecule has 17 heteroatoms. The number of hydrogen-bond donors (Lipinski definition) is 5. The molecular weight excluding hydrogens is 654 g/mol. The van der Waals surface area contributed by atoms with Crippen LogP contribution in [0.5, 0.6) is 0 Å². The van der Waals surface area contributed by atoms with Crippen molar-refractivity contribution in [2.24, 2.45) is 0 Å². The number of carbonyl (C=O) groups is 5. The molecule has 0 unspecified atom stereocenters. The second kappa shape index (κ2) is 17.7. The van der Waals surface area contributed by atoms with Crippen molar-refractivity contribution < 1.29 is 38.6 Å². The third-order valence-electron chi connectivity index (χ3n) is 6.73. The SMILES string of the molecule is CC(C)(C)OC(=O)NCC(=O)NCC(=O)N[C@@H](Cc1ccccc1)C(=O)N[C@@H](Cc1ccccc1)C(=O)Nc1ccc([N+](=O)[O-])cc1[N+](=O)[O-]. The van der Waals surface area contributed by atoms with Crippen LogP contribution in [0.1, 0.15) is 31.9 Å². The van der Waals surface area contributed by atoms with Crippen molar-refractivity contribution in [1.82, 2.24) is 21.3 Å². The maximum Gasteiger partial charge on any atom is 0.408 e. The highest BCUT2D eigenvalue weighted by molar-refractivity contribution is 6.00. The Morgan fingerprint density at radius 3 is 1.76 bits per heavy atom. The molecule has 264 valence electrons.